The van der Waals surface area contributed by atoms with Crippen molar-refractivity contribution in [1.29, 1.82) is 0 Å². The van der Waals surface area contributed by atoms with E-state index in [4.69, 9.17) is 0 Å². The van der Waals surface area contributed by atoms with Crippen LogP contribution in [0, 0.1) is 0 Å². The molecule has 2 nitrogen and oxygen atoms in total. The highest BCUT2D eigenvalue weighted by Gasteiger charge is 2.03. The van der Waals surface area contributed by atoms with Gasteiger partial charge in [0, 0.05) is 18.3 Å². The zero-order chi connectivity index (χ0) is 10.7. The molecule has 0 spiro atoms. The van der Waals surface area contributed by atoms with E-state index in [1.165, 1.54) is 0 Å². The maximum atomic E-state index is 9.74. The van der Waals surface area contributed by atoms with E-state index < -0.39 is 0 Å². The van der Waals surface area contributed by atoms with Gasteiger partial charge in [0.05, 0.1) is 0 Å². The molecule has 0 radical (unpaired) electrons. The summed E-state index contributed by atoms with van der Waals surface area (Å²) < 4.78 is 0. The van der Waals surface area contributed by atoms with Crippen LogP contribution >= 0.6 is 0 Å². The molecule has 0 atom stereocenters. The van der Waals surface area contributed by atoms with Crippen LogP contribution in [0.25, 0.3) is 10.8 Å². The summed E-state index contributed by atoms with van der Waals surface area (Å²) in [5.41, 5.74) is 0.801. The van der Waals surface area contributed by atoms with Crippen LogP contribution in [0.1, 0.15) is 12.5 Å². The van der Waals surface area contributed by atoms with E-state index in [0.29, 0.717) is 0 Å². The lowest BCUT2D eigenvalue weighted by molar-refractivity contribution is 0.475. The molecule has 0 fully saturated rings. The van der Waals surface area contributed by atoms with Gasteiger partial charge in [0.1, 0.15) is 5.75 Å². The molecule has 0 amide bonds. The number of aliphatic imine (C=N–C) groups is 1. The van der Waals surface area contributed by atoms with Crippen molar-refractivity contribution in [2.75, 3.05) is 6.54 Å². The molecule has 2 rings (SSSR count). The summed E-state index contributed by atoms with van der Waals surface area (Å²) in [5, 5.41) is 11.9. The van der Waals surface area contributed by atoms with Crippen molar-refractivity contribution in [3.05, 3.63) is 42.0 Å². The van der Waals surface area contributed by atoms with E-state index in [1.54, 1.807) is 12.3 Å². The first-order valence-electron chi connectivity index (χ1n) is 5.03. The van der Waals surface area contributed by atoms with Gasteiger partial charge in [0.15, 0.2) is 0 Å². The number of aromatic hydroxyl groups is 1. The number of benzene rings is 2. The van der Waals surface area contributed by atoms with Crippen molar-refractivity contribution in [2.24, 2.45) is 4.99 Å². The lowest BCUT2D eigenvalue weighted by atomic mass is 10.0. The van der Waals surface area contributed by atoms with E-state index in [-0.39, 0.29) is 5.75 Å². The van der Waals surface area contributed by atoms with Crippen LogP contribution in [0.3, 0.4) is 0 Å². The first-order chi connectivity index (χ1) is 7.33. The average molecular weight is 199 g/mol. The van der Waals surface area contributed by atoms with Crippen LogP contribution in [0.2, 0.25) is 0 Å². The van der Waals surface area contributed by atoms with Gasteiger partial charge in [-0.25, -0.2) is 0 Å². The molecule has 2 aromatic carbocycles. The Kier molecular flexibility index (Phi) is 2.68. The van der Waals surface area contributed by atoms with E-state index in [2.05, 4.69) is 4.99 Å². The highest BCUT2D eigenvalue weighted by molar-refractivity contribution is 6.02. The van der Waals surface area contributed by atoms with Gasteiger partial charge >= 0.3 is 0 Å². The van der Waals surface area contributed by atoms with Crippen LogP contribution in [-0.2, 0) is 0 Å². The summed E-state index contributed by atoms with van der Waals surface area (Å²) in [4.78, 5) is 4.17. The predicted molar refractivity (Wildman–Crippen MR) is 63.7 cm³/mol. The van der Waals surface area contributed by atoms with Crippen molar-refractivity contribution >= 4 is 17.0 Å². The summed E-state index contributed by atoms with van der Waals surface area (Å²) in [5.74, 6) is 0.283. The third kappa shape index (κ3) is 1.84. The monoisotopic (exact) mass is 199 g/mol. The number of nitrogens with zero attached hydrogens (tertiary/aromatic N) is 1. The molecule has 0 saturated heterocycles. The van der Waals surface area contributed by atoms with Crippen LogP contribution in [0.5, 0.6) is 5.75 Å². The Labute approximate surface area is 88.9 Å². The molecule has 1 N–H and O–H groups in total. The lowest BCUT2D eigenvalue weighted by Gasteiger charge is -2.04. The summed E-state index contributed by atoms with van der Waals surface area (Å²) in [7, 11) is 0. The summed E-state index contributed by atoms with van der Waals surface area (Å²) in [6.45, 7) is 2.70. The molecular weight excluding hydrogens is 186 g/mol. The van der Waals surface area contributed by atoms with Crippen LogP contribution in [-0.4, -0.2) is 17.9 Å². The molecule has 15 heavy (non-hydrogen) atoms. The minimum atomic E-state index is 0.283. The topological polar surface area (TPSA) is 32.6 Å². The molecule has 76 valence electrons. The van der Waals surface area contributed by atoms with Gasteiger partial charge in [-0.1, -0.05) is 30.3 Å². The van der Waals surface area contributed by atoms with Crippen molar-refractivity contribution in [1.82, 2.24) is 0 Å². The van der Waals surface area contributed by atoms with Crippen LogP contribution in [0.4, 0.5) is 0 Å². The molecule has 0 bridgehead atoms. The zero-order valence-electron chi connectivity index (χ0n) is 8.64. The van der Waals surface area contributed by atoms with Crippen molar-refractivity contribution in [3.8, 4) is 5.75 Å². The molecule has 0 aromatic heterocycles. The minimum Gasteiger partial charge on any atom is -0.507 e. The molecule has 0 heterocycles. The van der Waals surface area contributed by atoms with E-state index >= 15 is 0 Å². The smallest absolute Gasteiger partial charge is 0.124 e. The Hall–Kier alpha value is -1.83. The standard InChI is InChI=1S/C13H13NO/c1-2-14-9-12-11-6-4-3-5-10(11)7-8-13(12)15/h3-9,15H,2H2,1H3. The quantitative estimate of drug-likeness (QED) is 0.741. The fourth-order valence-corrected chi connectivity index (χ4v) is 1.60. The van der Waals surface area contributed by atoms with Crippen LogP contribution < -0.4 is 0 Å². The Morgan fingerprint density at radius 1 is 1.20 bits per heavy atom. The fraction of sp³-hybridized carbons (Fsp3) is 0.154. The molecule has 0 aliphatic rings. The molecule has 2 heteroatoms. The second-order valence-electron chi connectivity index (χ2n) is 3.35. The van der Waals surface area contributed by atoms with Gasteiger partial charge in [0.25, 0.3) is 0 Å². The van der Waals surface area contributed by atoms with Gasteiger partial charge in [0.2, 0.25) is 0 Å². The fourth-order valence-electron chi connectivity index (χ4n) is 1.60. The largest absolute Gasteiger partial charge is 0.507 e. The van der Waals surface area contributed by atoms with Crippen molar-refractivity contribution < 1.29 is 5.11 Å². The minimum absolute atomic E-state index is 0.283. The lowest BCUT2D eigenvalue weighted by Crippen LogP contribution is -1.86. The Bertz CT molecular complexity index is 503. The van der Waals surface area contributed by atoms with Gasteiger partial charge < -0.3 is 5.11 Å². The highest BCUT2D eigenvalue weighted by atomic mass is 16.3. The summed E-state index contributed by atoms with van der Waals surface area (Å²) in [6, 6.07) is 11.6. The molecule has 2 aromatic rings. The number of fused-ring (bicyclic) bond motifs is 1. The first-order valence-corrected chi connectivity index (χ1v) is 5.03. The number of hydrogen-bond donors (Lipinski definition) is 1. The third-order valence-corrected chi connectivity index (χ3v) is 2.35. The molecular formula is C13H13NO. The van der Waals surface area contributed by atoms with Crippen molar-refractivity contribution in [3.63, 3.8) is 0 Å². The second kappa shape index (κ2) is 4.13. The Morgan fingerprint density at radius 2 is 2.00 bits per heavy atom. The number of phenolic OH excluding ortho intramolecular Hbond substituents is 1. The third-order valence-electron chi connectivity index (χ3n) is 2.35. The number of rotatable bonds is 2. The Morgan fingerprint density at radius 3 is 2.80 bits per heavy atom. The van der Waals surface area contributed by atoms with Crippen molar-refractivity contribution in [2.45, 2.75) is 6.92 Å². The highest BCUT2D eigenvalue weighted by Crippen LogP contribution is 2.25. The summed E-state index contributed by atoms with van der Waals surface area (Å²) >= 11 is 0. The van der Waals surface area contributed by atoms with E-state index in [0.717, 1.165) is 22.9 Å². The summed E-state index contributed by atoms with van der Waals surface area (Å²) in [6.07, 6.45) is 1.73. The van der Waals surface area contributed by atoms with E-state index in [9.17, 15) is 5.11 Å². The molecule has 0 aliphatic heterocycles. The first kappa shape index (κ1) is 9.71. The van der Waals surface area contributed by atoms with Gasteiger partial charge in [-0.3, -0.25) is 4.99 Å². The van der Waals surface area contributed by atoms with E-state index in [1.807, 2.05) is 37.3 Å². The maximum absolute atomic E-state index is 9.74. The Balaban J connectivity index is 2.68. The number of phenols is 1. The van der Waals surface area contributed by atoms with Gasteiger partial charge in [-0.15, -0.1) is 0 Å². The van der Waals surface area contributed by atoms with Gasteiger partial charge in [-0.2, -0.15) is 0 Å². The van der Waals surface area contributed by atoms with Gasteiger partial charge in [-0.05, 0) is 23.8 Å². The normalized spacial score (nSPS) is 11.3. The predicted octanol–water partition coefficient (Wildman–Crippen LogP) is 2.98. The number of hydrogen-bond acceptors (Lipinski definition) is 2. The SMILES string of the molecule is CCN=Cc1c(O)ccc2ccccc12. The van der Waals surface area contributed by atoms with Crippen LogP contribution in [0.15, 0.2) is 41.4 Å². The molecule has 0 saturated carbocycles. The zero-order valence-corrected chi connectivity index (χ0v) is 8.64. The second-order valence-corrected chi connectivity index (χ2v) is 3.35. The maximum Gasteiger partial charge on any atom is 0.124 e. The average Bonchev–Trinajstić information content (AvgIpc) is 2.28. The molecule has 0 unspecified atom stereocenters. The molecule has 0 aliphatic carbocycles.